The molecular weight excluding hydrogens is 343 g/mol. The Balaban J connectivity index is 1.81. The van der Waals surface area contributed by atoms with Gasteiger partial charge in [-0.25, -0.2) is 9.18 Å². The van der Waals surface area contributed by atoms with Crippen molar-refractivity contribution in [1.82, 2.24) is 10.2 Å². The molecule has 26 heavy (non-hydrogen) atoms. The number of amides is 2. The standard InChI is InChI=1S/C18H19FN2O5/c19-12-7-5-11(6-8-12)16(22)20-14-4-2-1-3-13-9-26-10-15(18(24)25)21(13)17(14)23/h1-2,5-8,13-15H,3-4,9-10H2,(H,20,22)(H,24,25)/t13-,14-,15-/m0/s1. The first-order valence-corrected chi connectivity index (χ1v) is 8.31. The van der Waals surface area contributed by atoms with Crippen molar-refractivity contribution in [2.45, 2.75) is 31.0 Å². The monoisotopic (exact) mass is 362 g/mol. The van der Waals surface area contributed by atoms with Crippen LogP contribution in [0.3, 0.4) is 0 Å². The predicted molar refractivity (Wildman–Crippen MR) is 88.9 cm³/mol. The van der Waals surface area contributed by atoms with Crippen molar-refractivity contribution in [1.29, 1.82) is 0 Å². The molecule has 2 aliphatic rings. The largest absolute Gasteiger partial charge is 0.480 e. The van der Waals surface area contributed by atoms with Crippen LogP contribution in [0.1, 0.15) is 23.2 Å². The fourth-order valence-electron chi connectivity index (χ4n) is 3.17. The smallest absolute Gasteiger partial charge is 0.328 e. The number of hydrogen-bond acceptors (Lipinski definition) is 4. The van der Waals surface area contributed by atoms with Gasteiger partial charge in [-0.3, -0.25) is 9.59 Å². The summed E-state index contributed by atoms with van der Waals surface area (Å²) in [6, 6.07) is 2.60. The number of benzene rings is 1. The highest BCUT2D eigenvalue weighted by Gasteiger charge is 2.41. The zero-order valence-corrected chi connectivity index (χ0v) is 13.9. The highest BCUT2D eigenvalue weighted by atomic mass is 19.1. The number of carbonyl (C=O) groups is 3. The molecule has 2 aliphatic heterocycles. The van der Waals surface area contributed by atoms with Crippen molar-refractivity contribution in [3.05, 3.63) is 47.8 Å². The molecule has 138 valence electrons. The van der Waals surface area contributed by atoms with Gasteiger partial charge in [0.25, 0.3) is 5.91 Å². The number of rotatable bonds is 3. The molecule has 2 amide bonds. The van der Waals surface area contributed by atoms with E-state index >= 15 is 0 Å². The zero-order chi connectivity index (χ0) is 18.7. The van der Waals surface area contributed by atoms with Crippen LogP contribution in [0.2, 0.25) is 0 Å². The Hall–Kier alpha value is -2.74. The number of carboxylic acid groups (broad SMARTS) is 1. The Morgan fingerprint density at radius 2 is 1.85 bits per heavy atom. The molecular formula is C18H19FN2O5. The topological polar surface area (TPSA) is 95.9 Å². The van der Waals surface area contributed by atoms with Crippen molar-refractivity contribution < 1.29 is 28.6 Å². The lowest BCUT2D eigenvalue weighted by Crippen LogP contribution is -2.62. The molecule has 0 aliphatic carbocycles. The second-order valence-electron chi connectivity index (χ2n) is 6.27. The second kappa shape index (κ2) is 7.65. The highest BCUT2D eigenvalue weighted by Crippen LogP contribution is 2.22. The van der Waals surface area contributed by atoms with Crippen LogP contribution in [-0.2, 0) is 14.3 Å². The maximum absolute atomic E-state index is 13.0. The Kier molecular flexibility index (Phi) is 5.32. The number of morpholine rings is 1. The van der Waals surface area contributed by atoms with E-state index in [1.807, 2.05) is 6.08 Å². The van der Waals surface area contributed by atoms with E-state index in [-0.39, 0.29) is 31.2 Å². The molecule has 2 N–H and O–H groups in total. The third kappa shape index (κ3) is 3.75. The fraction of sp³-hybridized carbons (Fsp3) is 0.389. The molecule has 0 aromatic heterocycles. The van der Waals surface area contributed by atoms with Gasteiger partial charge in [-0.2, -0.15) is 0 Å². The Labute approximate surface area is 149 Å². The van der Waals surface area contributed by atoms with E-state index in [9.17, 15) is 23.9 Å². The summed E-state index contributed by atoms with van der Waals surface area (Å²) in [6.07, 6.45) is 4.39. The number of ether oxygens (including phenoxy) is 1. The average Bonchev–Trinajstić information content (AvgIpc) is 2.62. The van der Waals surface area contributed by atoms with Gasteiger partial charge in [0.1, 0.15) is 11.9 Å². The molecule has 1 saturated heterocycles. The van der Waals surface area contributed by atoms with Gasteiger partial charge in [0.05, 0.1) is 19.3 Å². The van der Waals surface area contributed by atoms with Crippen molar-refractivity contribution in [3.63, 3.8) is 0 Å². The first kappa shape index (κ1) is 18.1. The number of fused-ring (bicyclic) bond motifs is 1. The predicted octanol–water partition coefficient (Wildman–Crippen LogP) is 0.955. The van der Waals surface area contributed by atoms with Crippen LogP contribution in [0.4, 0.5) is 4.39 Å². The minimum absolute atomic E-state index is 0.0834. The molecule has 2 heterocycles. The molecule has 1 fully saturated rings. The molecule has 1 aromatic rings. The maximum atomic E-state index is 13.0. The van der Waals surface area contributed by atoms with Crippen LogP contribution < -0.4 is 5.32 Å². The van der Waals surface area contributed by atoms with Gasteiger partial charge in [0, 0.05) is 5.56 Å². The van der Waals surface area contributed by atoms with Crippen LogP contribution in [0.15, 0.2) is 36.4 Å². The third-order valence-corrected chi connectivity index (χ3v) is 4.51. The van der Waals surface area contributed by atoms with Gasteiger partial charge in [-0.15, -0.1) is 0 Å². The lowest BCUT2D eigenvalue weighted by atomic mass is 10.00. The Morgan fingerprint density at radius 1 is 1.15 bits per heavy atom. The van der Waals surface area contributed by atoms with E-state index in [0.717, 1.165) is 12.1 Å². The molecule has 0 saturated carbocycles. The SMILES string of the molecule is O=C(N[C@H]1CC=CC[C@H]2COC[C@@H](C(=O)O)N2C1=O)c1ccc(F)cc1. The molecule has 8 heteroatoms. The van der Waals surface area contributed by atoms with E-state index in [4.69, 9.17) is 4.74 Å². The summed E-state index contributed by atoms with van der Waals surface area (Å²) in [4.78, 5) is 38.2. The zero-order valence-electron chi connectivity index (χ0n) is 13.9. The van der Waals surface area contributed by atoms with Gasteiger partial charge in [0.15, 0.2) is 6.04 Å². The number of aliphatic carboxylic acids is 1. The van der Waals surface area contributed by atoms with Crippen molar-refractivity contribution in [2.24, 2.45) is 0 Å². The van der Waals surface area contributed by atoms with Crippen LogP contribution in [0.5, 0.6) is 0 Å². The first-order valence-electron chi connectivity index (χ1n) is 8.31. The minimum Gasteiger partial charge on any atom is -0.480 e. The summed E-state index contributed by atoms with van der Waals surface area (Å²) in [5, 5.41) is 12.0. The summed E-state index contributed by atoms with van der Waals surface area (Å²) in [7, 11) is 0. The molecule has 7 nitrogen and oxygen atoms in total. The van der Waals surface area contributed by atoms with Crippen molar-refractivity contribution in [2.75, 3.05) is 13.2 Å². The van der Waals surface area contributed by atoms with E-state index < -0.39 is 35.7 Å². The summed E-state index contributed by atoms with van der Waals surface area (Å²) in [6.45, 7) is 0.165. The molecule has 1 aromatic carbocycles. The number of nitrogens with zero attached hydrogens (tertiary/aromatic N) is 1. The average molecular weight is 362 g/mol. The summed E-state index contributed by atoms with van der Waals surface area (Å²) >= 11 is 0. The Bertz CT molecular complexity index is 734. The summed E-state index contributed by atoms with van der Waals surface area (Å²) in [5.74, 6) is -2.58. The van der Waals surface area contributed by atoms with Crippen molar-refractivity contribution >= 4 is 17.8 Å². The molecule has 0 bridgehead atoms. The minimum atomic E-state index is -1.14. The van der Waals surface area contributed by atoms with Crippen LogP contribution in [-0.4, -0.2) is 59.1 Å². The quantitative estimate of drug-likeness (QED) is 0.781. The number of nitrogens with one attached hydrogen (secondary N) is 1. The number of carbonyl (C=O) groups excluding carboxylic acids is 2. The molecule has 0 unspecified atom stereocenters. The fourth-order valence-corrected chi connectivity index (χ4v) is 3.17. The van der Waals surface area contributed by atoms with E-state index in [2.05, 4.69) is 5.32 Å². The lowest BCUT2D eigenvalue weighted by Gasteiger charge is -2.42. The summed E-state index contributed by atoms with van der Waals surface area (Å²) in [5.41, 5.74) is 0.221. The maximum Gasteiger partial charge on any atom is 0.328 e. The number of halogens is 1. The number of hydrogen-bond donors (Lipinski definition) is 2. The van der Waals surface area contributed by atoms with Gasteiger partial charge in [0.2, 0.25) is 5.91 Å². The van der Waals surface area contributed by atoms with Gasteiger partial charge < -0.3 is 20.1 Å². The van der Waals surface area contributed by atoms with Gasteiger partial charge in [-0.05, 0) is 37.1 Å². The molecule has 3 rings (SSSR count). The second-order valence-corrected chi connectivity index (χ2v) is 6.27. The normalized spacial score (nSPS) is 25.8. The van der Waals surface area contributed by atoms with Crippen LogP contribution in [0, 0.1) is 5.82 Å². The molecule has 3 atom stereocenters. The van der Waals surface area contributed by atoms with E-state index in [1.54, 1.807) is 6.08 Å². The first-order chi connectivity index (χ1) is 12.5. The molecule has 0 spiro atoms. The highest BCUT2D eigenvalue weighted by molar-refractivity contribution is 5.98. The van der Waals surface area contributed by atoms with E-state index in [1.165, 1.54) is 17.0 Å². The summed E-state index contributed by atoms with van der Waals surface area (Å²) < 4.78 is 18.3. The lowest BCUT2D eigenvalue weighted by molar-refractivity contribution is -0.164. The van der Waals surface area contributed by atoms with Crippen molar-refractivity contribution in [3.8, 4) is 0 Å². The van der Waals surface area contributed by atoms with Gasteiger partial charge in [-0.1, -0.05) is 12.2 Å². The van der Waals surface area contributed by atoms with E-state index in [0.29, 0.717) is 6.42 Å². The number of carboxylic acids is 1. The van der Waals surface area contributed by atoms with Crippen LogP contribution in [0.25, 0.3) is 0 Å². The van der Waals surface area contributed by atoms with Crippen LogP contribution >= 0.6 is 0 Å². The molecule has 0 radical (unpaired) electrons. The Morgan fingerprint density at radius 3 is 2.54 bits per heavy atom. The third-order valence-electron chi connectivity index (χ3n) is 4.51. The van der Waals surface area contributed by atoms with Gasteiger partial charge >= 0.3 is 5.97 Å².